The van der Waals surface area contributed by atoms with Gasteiger partial charge in [-0.3, -0.25) is 0 Å². The second-order valence-corrected chi connectivity index (χ2v) is 11.7. The number of fused-ring (bicyclic) bond motifs is 5. The number of aromatic nitrogens is 1. The molecule has 1 aliphatic rings. The van der Waals surface area contributed by atoms with Gasteiger partial charge in [0.2, 0.25) is 0 Å². The zero-order chi connectivity index (χ0) is 29.8. The van der Waals surface area contributed by atoms with Gasteiger partial charge >= 0.3 is 0 Å². The molecular weight excluding hydrogens is 544 g/mol. The Bertz CT molecular complexity index is 2260. The lowest BCUT2D eigenvalue weighted by molar-refractivity contribution is 0.732. The molecule has 0 spiro atoms. The molecule has 0 saturated carbocycles. The van der Waals surface area contributed by atoms with E-state index in [-0.39, 0.29) is 0 Å². The second kappa shape index (κ2) is 10.1. The number of rotatable bonds is 4. The van der Waals surface area contributed by atoms with Crippen LogP contribution >= 0.6 is 0 Å². The van der Waals surface area contributed by atoms with Gasteiger partial charge in [-0.05, 0) is 70.8 Å². The summed E-state index contributed by atoms with van der Waals surface area (Å²) in [5, 5.41) is 2.49. The van der Waals surface area contributed by atoms with Crippen LogP contribution in [0.5, 0.6) is 0 Å². The lowest BCUT2D eigenvalue weighted by atomic mass is 9.62. The Morgan fingerprint density at radius 3 is 1.56 bits per heavy atom. The Morgan fingerprint density at radius 2 is 0.889 bits per heavy atom. The van der Waals surface area contributed by atoms with Crippen molar-refractivity contribution >= 4 is 38.9 Å². The molecule has 0 amide bonds. The Kier molecular flexibility index (Phi) is 5.76. The van der Waals surface area contributed by atoms with Crippen molar-refractivity contribution in [1.29, 1.82) is 0 Å². The minimum absolute atomic E-state index is 0.550. The van der Waals surface area contributed by atoms with E-state index in [1.54, 1.807) is 0 Å². The van der Waals surface area contributed by atoms with Gasteiger partial charge in [-0.1, -0.05) is 133 Å². The first-order chi connectivity index (χ1) is 22.4. The molecule has 0 unspecified atom stereocenters. The standard InChI is InChI=1S/C43H30N2/c1-5-17-31(18-6-1)43(32-19-7-2-8-20-32)37-26-14-16-28-40(37)45(34-23-11-4-12-24-34)42-29-36-35-25-13-15-27-39(35)44(41(36)30-38(42)43)33-21-9-3-10-22-33/h1-30H. The van der Waals surface area contributed by atoms with E-state index in [0.717, 1.165) is 11.4 Å². The summed E-state index contributed by atoms with van der Waals surface area (Å²) in [6, 6.07) is 66.3. The lowest BCUT2D eigenvalue weighted by Crippen LogP contribution is -2.37. The van der Waals surface area contributed by atoms with Gasteiger partial charge in [0.15, 0.2) is 0 Å². The Balaban J connectivity index is 1.51. The van der Waals surface area contributed by atoms with Gasteiger partial charge in [-0.2, -0.15) is 0 Å². The summed E-state index contributed by atoms with van der Waals surface area (Å²) < 4.78 is 2.43. The monoisotopic (exact) mass is 574 g/mol. The van der Waals surface area contributed by atoms with Crippen molar-refractivity contribution in [2.75, 3.05) is 4.90 Å². The molecule has 45 heavy (non-hydrogen) atoms. The van der Waals surface area contributed by atoms with E-state index in [1.165, 1.54) is 55.4 Å². The minimum atomic E-state index is -0.550. The first-order valence-corrected chi connectivity index (χ1v) is 15.5. The fraction of sp³-hybridized carbons (Fsp3) is 0.0233. The molecule has 0 radical (unpaired) electrons. The molecule has 1 aliphatic heterocycles. The van der Waals surface area contributed by atoms with Crippen LogP contribution in [0, 0.1) is 0 Å². The number of hydrogen-bond acceptors (Lipinski definition) is 1. The quantitative estimate of drug-likeness (QED) is 0.203. The highest BCUT2D eigenvalue weighted by atomic mass is 15.2. The van der Waals surface area contributed by atoms with Crippen LogP contribution in [0.3, 0.4) is 0 Å². The van der Waals surface area contributed by atoms with Crippen molar-refractivity contribution in [3.63, 3.8) is 0 Å². The van der Waals surface area contributed by atoms with Crippen LogP contribution in [0.1, 0.15) is 22.3 Å². The van der Waals surface area contributed by atoms with Crippen LogP contribution in [0.4, 0.5) is 17.1 Å². The smallest absolute Gasteiger partial charge is 0.0743 e. The zero-order valence-corrected chi connectivity index (χ0v) is 24.7. The third-order valence-corrected chi connectivity index (χ3v) is 9.43. The van der Waals surface area contributed by atoms with E-state index in [4.69, 9.17) is 0 Å². The molecule has 0 saturated heterocycles. The van der Waals surface area contributed by atoms with Crippen LogP contribution < -0.4 is 4.90 Å². The Hall–Kier alpha value is -5.86. The highest BCUT2D eigenvalue weighted by Gasteiger charge is 2.46. The van der Waals surface area contributed by atoms with Gasteiger partial charge in [-0.15, -0.1) is 0 Å². The average molecular weight is 575 g/mol. The van der Waals surface area contributed by atoms with Crippen LogP contribution in [0.25, 0.3) is 27.5 Å². The van der Waals surface area contributed by atoms with Crippen LogP contribution in [-0.2, 0) is 5.41 Å². The van der Waals surface area contributed by atoms with Gasteiger partial charge in [0.05, 0.1) is 27.8 Å². The fourth-order valence-electron chi connectivity index (χ4n) is 7.63. The first-order valence-electron chi connectivity index (χ1n) is 15.5. The molecule has 2 heterocycles. The molecule has 0 N–H and O–H groups in total. The van der Waals surface area contributed by atoms with Crippen LogP contribution in [0.2, 0.25) is 0 Å². The van der Waals surface area contributed by atoms with Crippen molar-refractivity contribution in [2.24, 2.45) is 0 Å². The molecule has 0 atom stereocenters. The molecule has 2 nitrogen and oxygen atoms in total. The van der Waals surface area contributed by atoms with E-state index in [2.05, 4.69) is 191 Å². The van der Waals surface area contributed by atoms with E-state index >= 15 is 0 Å². The van der Waals surface area contributed by atoms with Gasteiger partial charge in [0.25, 0.3) is 0 Å². The van der Waals surface area contributed by atoms with Crippen LogP contribution in [0.15, 0.2) is 182 Å². The summed E-state index contributed by atoms with van der Waals surface area (Å²) in [4.78, 5) is 2.46. The average Bonchev–Trinajstić information content (AvgIpc) is 3.44. The minimum Gasteiger partial charge on any atom is -0.310 e. The van der Waals surface area contributed by atoms with Crippen molar-refractivity contribution in [1.82, 2.24) is 4.57 Å². The van der Waals surface area contributed by atoms with Crippen molar-refractivity contribution in [3.8, 4) is 5.69 Å². The molecule has 212 valence electrons. The summed E-state index contributed by atoms with van der Waals surface area (Å²) in [5.74, 6) is 0. The predicted molar refractivity (Wildman–Crippen MR) is 187 cm³/mol. The van der Waals surface area contributed by atoms with E-state index in [0.29, 0.717) is 0 Å². The van der Waals surface area contributed by atoms with Gasteiger partial charge < -0.3 is 9.47 Å². The molecule has 0 fully saturated rings. The molecule has 0 bridgehead atoms. The molecule has 8 aromatic rings. The highest BCUT2D eigenvalue weighted by molar-refractivity contribution is 6.12. The molecular formula is C43H30N2. The number of benzene rings is 7. The maximum absolute atomic E-state index is 2.48. The first kappa shape index (κ1) is 25.6. The van der Waals surface area contributed by atoms with E-state index in [1.807, 2.05) is 0 Å². The van der Waals surface area contributed by atoms with Crippen LogP contribution in [-0.4, -0.2) is 4.57 Å². The third kappa shape index (κ3) is 3.69. The van der Waals surface area contributed by atoms with Gasteiger partial charge in [0, 0.05) is 22.1 Å². The molecule has 1 aromatic heterocycles. The topological polar surface area (TPSA) is 8.17 Å². The maximum Gasteiger partial charge on any atom is 0.0743 e. The summed E-state index contributed by atoms with van der Waals surface area (Å²) >= 11 is 0. The molecule has 7 aromatic carbocycles. The third-order valence-electron chi connectivity index (χ3n) is 9.43. The van der Waals surface area contributed by atoms with E-state index in [9.17, 15) is 0 Å². The summed E-state index contributed by atoms with van der Waals surface area (Å²) in [7, 11) is 0. The largest absolute Gasteiger partial charge is 0.310 e. The normalized spacial score (nSPS) is 13.5. The van der Waals surface area contributed by atoms with Crippen molar-refractivity contribution < 1.29 is 0 Å². The summed E-state index contributed by atoms with van der Waals surface area (Å²) in [6.07, 6.45) is 0. The highest BCUT2D eigenvalue weighted by Crippen LogP contribution is 2.58. The van der Waals surface area contributed by atoms with Gasteiger partial charge in [0.1, 0.15) is 0 Å². The number of hydrogen-bond donors (Lipinski definition) is 0. The molecule has 0 aliphatic carbocycles. The summed E-state index contributed by atoms with van der Waals surface area (Å²) in [5.41, 5.74) is 11.6. The Morgan fingerprint density at radius 1 is 0.356 bits per heavy atom. The number of anilines is 3. The second-order valence-electron chi connectivity index (χ2n) is 11.7. The zero-order valence-electron chi connectivity index (χ0n) is 24.7. The maximum atomic E-state index is 2.48. The SMILES string of the molecule is c1ccc(N2c3ccccc3C(c3ccccc3)(c3ccccc3)c3cc4c(cc32)c2ccccc2n4-c2ccccc2)cc1. The van der Waals surface area contributed by atoms with Crippen molar-refractivity contribution in [3.05, 3.63) is 204 Å². The van der Waals surface area contributed by atoms with E-state index < -0.39 is 5.41 Å². The molecule has 2 heteroatoms. The summed E-state index contributed by atoms with van der Waals surface area (Å²) in [6.45, 7) is 0. The number of para-hydroxylation sites is 4. The van der Waals surface area contributed by atoms with Gasteiger partial charge in [-0.25, -0.2) is 0 Å². The fourth-order valence-corrected chi connectivity index (χ4v) is 7.63. The Labute approximate surface area is 263 Å². The number of nitrogens with zero attached hydrogens (tertiary/aromatic N) is 2. The van der Waals surface area contributed by atoms with Crippen molar-refractivity contribution in [2.45, 2.75) is 5.41 Å². The predicted octanol–water partition coefficient (Wildman–Crippen LogP) is 10.9. The lowest BCUT2D eigenvalue weighted by Gasteiger charge is -2.46. The molecule has 9 rings (SSSR count).